The smallest absolute Gasteiger partial charge is 0.342 e. The van der Waals surface area contributed by atoms with E-state index in [9.17, 15) is 14.4 Å². The van der Waals surface area contributed by atoms with Crippen molar-refractivity contribution in [3.8, 4) is 16.9 Å². The normalized spacial score (nSPS) is 10.3. The van der Waals surface area contributed by atoms with Gasteiger partial charge in [0.15, 0.2) is 6.61 Å². The molecule has 1 N–H and O–H groups in total. The lowest BCUT2D eigenvalue weighted by Crippen LogP contribution is -2.33. The Morgan fingerprint density at radius 2 is 1.73 bits per heavy atom. The van der Waals surface area contributed by atoms with Crippen LogP contribution in [0.2, 0.25) is 0 Å². The molecule has 8 nitrogen and oxygen atoms in total. The molecular formula is C22H21N3O5. The quantitative estimate of drug-likeness (QED) is 0.604. The van der Waals surface area contributed by atoms with Crippen LogP contribution >= 0.6 is 0 Å². The number of methoxy groups -OCH3 is 1. The van der Waals surface area contributed by atoms with Gasteiger partial charge in [-0.25, -0.2) is 9.48 Å². The first-order valence-electron chi connectivity index (χ1n) is 9.20. The Hall–Kier alpha value is -3.94. The number of aryl methyl sites for hydroxylation is 1. The summed E-state index contributed by atoms with van der Waals surface area (Å²) in [5, 5.41) is 6.86. The number of esters is 2. The number of nitrogens with zero attached hydrogens (tertiary/aromatic N) is 2. The molecule has 0 aliphatic rings. The van der Waals surface area contributed by atoms with E-state index in [1.807, 2.05) is 61.5 Å². The maximum Gasteiger partial charge on any atom is 0.342 e. The molecule has 1 amide bonds. The maximum absolute atomic E-state index is 12.7. The Morgan fingerprint density at radius 1 is 1.03 bits per heavy atom. The van der Waals surface area contributed by atoms with E-state index in [0.29, 0.717) is 5.69 Å². The maximum atomic E-state index is 12.7. The zero-order valence-corrected chi connectivity index (χ0v) is 16.6. The molecule has 0 radical (unpaired) electrons. The van der Waals surface area contributed by atoms with Crippen molar-refractivity contribution in [2.45, 2.75) is 6.92 Å². The highest BCUT2D eigenvalue weighted by Gasteiger charge is 2.21. The van der Waals surface area contributed by atoms with Crippen molar-refractivity contribution in [2.24, 2.45) is 0 Å². The first-order chi connectivity index (χ1) is 14.5. The van der Waals surface area contributed by atoms with Crippen molar-refractivity contribution in [2.75, 3.05) is 20.3 Å². The second kappa shape index (κ2) is 9.51. The molecule has 0 fully saturated rings. The number of aromatic nitrogens is 2. The third kappa shape index (κ3) is 5.11. The van der Waals surface area contributed by atoms with Crippen molar-refractivity contribution in [1.29, 1.82) is 0 Å². The Bertz CT molecular complexity index is 1040. The SMILES string of the molecule is COC(=O)CNC(=O)COC(=O)c1cn(-c2ccc(C)cc2)nc1-c1ccccc1. The number of amides is 1. The van der Waals surface area contributed by atoms with Crippen molar-refractivity contribution in [3.63, 3.8) is 0 Å². The minimum absolute atomic E-state index is 0.225. The molecule has 2 aromatic carbocycles. The van der Waals surface area contributed by atoms with Gasteiger partial charge in [0, 0.05) is 11.8 Å². The first-order valence-corrected chi connectivity index (χ1v) is 9.20. The fraction of sp³-hybridized carbons (Fsp3) is 0.182. The summed E-state index contributed by atoms with van der Waals surface area (Å²) in [7, 11) is 1.21. The average molecular weight is 407 g/mol. The lowest BCUT2D eigenvalue weighted by molar-refractivity contribution is -0.141. The lowest BCUT2D eigenvalue weighted by atomic mass is 10.1. The van der Waals surface area contributed by atoms with E-state index in [1.165, 1.54) is 7.11 Å². The van der Waals surface area contributed by atoms with Crippen molar-refractivity contribution in [3.05, 3.63) is 71.9 Å². The monoisotopic (exact) mass is 407 g/mol. The van der Waals surface area contributed by atoms with E-state index in [4.69, 9.17) is 4.74 Å². The van der Waals surface area contributed by atoms with Crippen LogP contribution in [0.25, 0.3) is 16.9 Å². The highest BCUT2D eigenvalue weighted by Crippen LogP contribution is 2.24. The van der Waals surface area contributed by atoms with Crippen LogP contribution in [-0.2, 0) is 19.1 Å². The number of nitrogens with one attached hydrogen (secondary N) is 1. The van der Waals surface area contributed by atoms with Crippen LogP contribution in [0, 0.1) is 6.92 Å². The molecule has 0 spiro atoms. The Morgan fingerprint density at radius 3 is 2.40 bits per heavy atom. The summed E-state index contributed by atoms with van der Waals surface area (Å²) >= 11 is 0. The van der Waals surface area contributed by atoms with Gasteiger partial charge in [-0.1, -0.05) is 48.0 Å². The molecule has 1 aromatic heterocycles. The molecule has 1 heterocycles. The Balaban J connectivity index is 1.81. The predicted octanol–water partition coefficient (Wildman–Crippen LogP) is 2.29. The van der Waals surface area contributed by atoms with Gasteiger partial charge in [0.25, 0.3) is 5.91 Å². The van der Waals surface area contributed by atoms with E-state index in [0.717, 1.165) is 16.8 Å². The van der Waals surface area contributed by atoms with Crippen molar-refractivity contribution < 1.29 is 23.9 Å². The fourth-order valence-electron chi connectivity index (χ4n) is 2.67. The summed E-state index contributed by atoms with van der Waals surface area (Å²) in [6.45, 7) is 1.16. The molecule has 3 rings (SSSR count). The summed E-state index contributed by atoms with van der Waals surface area (Å²) < 4.78 is 11.2. The summed E-state index contributed by atoms with van der Waals surface area (Å²) in [5.74, 6) is -1.90. The molecule has 154 valence electrons. The summed E-state index contributed by atoms with van der Waals surface area (Å²) in [5.41, 5.74) is 3.29. The third-order valence-corrected chi connectivity index (χ3v) is 4.27. The van der Waals surface area contributed by atoms with Gasteiger partial charge in [0.2, 0.25) is 0 Å². The van der Waals surface area contributed by atoms with Gasteiger partial charge in [0.1, 0.15) is 17.8 Å². The predicted molar refractivity (Wildman–Crippen MR) is 109 cm³/mol. The number of benzene rings is 2. The minimum atomic E-state index is -0.694. The number of ether oxygens (including phenoxy) is 2. The van der Waals surface area contributed by atoms with Gasteiger partial charge in [0.05, 0.1) is 12.8 Å². The van der Waals surface area contributed by atoms with Gasteiger partial charge >= 0.3 is 11.9 Å². The lowest BCUT2D eigenvalue weighted by Gasteiger charge is -2.06. The highest BCUT2D eigenvalue weighted by molar-refractivity contribution is 5.97. The van der Waals surface area contributed by atoms with Gasteiger partial charge in [-0.05, 0) is 19.1 Å². The molecule has 30 heavy (non-hydrogen) atoms. The van der Waals surface area contributed by atoms with Crippen molar-refractivity contribution >= 4 is 17.8 Å². The molecule has 0 unspecified atom stereocenters. The minimum Gasteiger partial charge on any atom is -0.468 e. The van der Waals surface area contributed by atoms with Gasteiger partial charge in [-0.2, -0.15) is 5.10 Å². The molecular weight excluding hydrogens is 386 g/mol. The zero-order valence-electron chi connectivity index (χ0n) is 16.6. The summed E-state index contributed by atoms with van der Waals surface area (Å²) in [4.78, 5) is 35.6. The van der Waals surface area contributed by atoms with E-state index >= 15 is 0 Å². The Labute approximate surface area is 173 Å². The van der Waals surface area contributed by atoms with E-state index in [2.05, 4.69) is 15.2 Å². The van der Waals surface area contributed by atoms with Crippen LogP contribution in [0.15, 0.2) is 60.8 Å². The number of carbonyl (C=O) groups is 3. The molecule has 8 heteroatoms. The fourth-order valence-corrected chi connectivity index (χ4v) is 2.67. The third-order valence-electron chi connectivity index (χ3n) is 4.27. The molecule has 0 atom stereocenters. The van der Waals surface area contributed by atoms with Crippen molar-refractivity contribution in [1.82, 2.24) is 15.1 Å². The molecule has 3 aromatic rings. The number of hydrogen-bond donors (Lipinski definition) is 1. The molecule has 0 saturated heterocycles. The largest absolute Gasteiger partial charge is 0.468 e. The molecule has 0 aliphatic carbocycles. The second-order valence-electron chi connectivity index (χ2n) is 6.47. The van der Waals surface area contributed by atoms with Gasteiger partial charge in [-0.15, -0.1) is 0 Å². The van der Waals surface area contributed by atoms with Crippen LogP contribution in [-0.4, -0.2) is 47.9 Å². The van der Waals surface area contributed by atoms with Crippen LogP contribution < -0.4 is 5.32 Å². The van der Waals surface area contributed by atoms with Crippen LogP contribution in [0.3, 0.4) is 0 Å². The van der Waals surface area contributed by atoms with E-state index in [-0.39, 0.29) is 12.1 Å². The zero-order chi connectivity index (χ0) is 21.5. The average Bonchev–Trinajstić information content (AvgIpc) is 3.22. The molecule has 0 aliphatic heterocycles. The number of carbonyl (C=O) groups excluding carboxylic acids is 3. The summed E-state index contributed by atoms with van der Waals surface area (Å²) in [6, 6.07) is 16.9. The molecule has 0 saturated carbocycles. The van der Waals surface area contributed by atoms with E-state index in [1.54, 1.807) is 10.9 Å². The second-order valence-corrected chi connectivity index (χ2v) is 6.47. The summed E-state index contributed by atoms with van der Waals surface area (Å²) in [6.07, 6.45) is 1.57. The number of rotatable bonds is 7. The topological polar surface area (TPSA) is 99.5 Å². The van der Waals surface area contributed by atoms with Crippen LogP contribution in [0.5, 0.6) is 0 Å². The number of hydrogen-bond acceptors (Lipinski definition) is 6. The standard InChI is InChI=1S/C22H21N3O5/c1-15-8-10-17(11-9-15)25-13-18(21(24-25)16-6-4-3-5-7-16)22(28)30-14-19(26)23-12-20(27)29-2/h3-11,13H,12,14H2,1-2H3,(H,23,26). The van der Waals surface area contributed by atoms with Crippen LogP contribution in [0.1, 0.15) is 15.9 Å². The van der Waals surface area contributed by atoms with Gasteiger partial charge in [-0.3, -0.25) is 9.59 Å². The highest BCUT2D eigenvalue weighted by atomic mass is 16.5. The van der Waals surface area contributed by atoms with Crippen LogP contribution in [0.4, 0.5) is 0 Å². The Kier molecular flexibility index (Phi) is 6.59. The van der Waals surface area contributed by atoms with E-state index < -0.39 is 24.5 Å². The first kappa shape index (κ1) is 20.8. The van der Waals surface area contributed by atoms with Gasteiger partial charge < -0.3 is 14.8 Å². The molecule has 0 bridgehead atoms.